The number of aromatic nitrogens is 2. The van der Waals surface area contributed by atoms with Gasteiger partial charge in [0.1, 0.15) is 0 Å². The number of fused-ring (bicyclic) bond motifs is 3. The Hall–Kier alpha value is -3.68. The van der Waals surface area contributed by atoms with Gasteiger partial charge in [0.15, 0.2) is 12.6 Å². The Morgan fingerprint density at radius 2 is 0.810 bits per heavy atom. The molecule has 0 N–H and O–H groups in total. The van der Waals surface area contributed by atoms with Gasteiger partial charge >= 0.3 is 0 Å². The van der Waals surface area contributed by atoms with E-state index in [1.807, 2.05) is 0 Å². The van der Waals surface area contributed by atoms with Crippen molar-refractivity contribution >= 4 is 21.8 Å². The van der Waals surface area contributed by atoms with E-state index in [1.54, 1.807) is 0 Å². The van der Waals surface area contributed by atoms with Gasteiger partial charge in [-0.25, -0.2) is 9.97 Å². The highest BCUT2D eigenvalue weighted by atomic mass is 16.7. The largest absolute Gasteiger partial charge is 0.348 e. The Kier molecular flexibility index (Phi) is 6.82. The molecule has 0 unspecified atom stereocenters. The van der Waals surface area contributed by atoms with Crippen molar-refractivity contribution in [3.05, 3.63) is 96.1 Å². The van der Waals surface area contributed by atoms with Crippen LogP contribution in [0.5, 0.6) is 0 Å². The van der Waals surface area contributed by atoms with Crippen LogP contribution in [0.25, 0.3) is 44.3 Å². The van der Waals surface area contributed by atoms with E-state index < -0.39 is 0 Å². The summed E-state index contributed by atoms with van der Waals surface area (Å²) in [5, 5.41) is 2.12. The van der Waals surface area contributed by atoms with Crippen LogP contribution in [0.2, 0.25) is 0 Å². The van der Waals surface area contributed by atoms with Crippen LogP contribution in [0, 0.1) is 10.8 Å². The molecule has 3 aromatic carbocycles. The Labute approximate surface area is 246 Å². The van der Waals surface area contributed by atoms with E-state index in [4.69, 9.17) is 28.9 Å². The minimum atomic E-state index is -0.327. The summed E-state index contributed by atoms with van der Waals surface area (Å²) in [7, 11) is 0. The zero-order valence-corrected chi connectivity index (χ0v) is 24.6. The van der Waals surface area contributed by atoms with Crippen LogP contribution in [0.15, 0.2) is 84.9 Å². The molecule has 214 valence electrons. The molecule has 5 aromatic rings. The Bertz CT molecular complexity index is 1600. The van der Waals surface area contributed by atoms with Gasteiger partial charge in [-0.1, -0.05) is 100 Å². The Morgan fingerprint density at radius 3 is 1.17 bits per heavy atom. The second-order valence-electron chi connectivity index (χ2n) is 13.1. The molecule has 6 heteroatoms. The van der Waals surface area contributed by atoms with E-state index in [2.05, 4.69) is 113 Å². The number of benzene rings is 3. The summed E-state index contributed by atoms with van der Waals surface area (Å²) >= 11 is 0. The Balaban J connectivity index is 1.16. The molecule has 0 aliphatic carbocycles. The molecule has 7 rings (SSSR count). The van der Waals surface area contributed by atoms with Gasteiger partial charge in [-0.3, -0.25) is 0 Å². The number of rotatable bonds is 4. The average Bonchev–Trinajstić information content (AvgIpc) is 3.01. The fraction of sp³-hybridized carbons (Fsp3) is 0.333. The molecule has 2 fully saturated rings. The minimum Gasteiger partial charge on any atom is -0.348 e. The first-order valence-electron chi connectivity index (χ1n) is 14.6. The predicted molar refractivity (Wildman–Crippen MR) is 165 cm³/mol. The summed E-state index contributed by atoms with van der Waals surface area (Å²) in [4.78, 5) is 10.2. The van der Waals surface area contributed by atoms with Crippen LogP contribution in [-0.4, -0.2) is 36.4 Å². The van der Waals surface area contributed by atoms with Crippen LogP contribution in [0.3, 0.4) is 0 Å². The molecule has 2 saturated heterocycles. The average molecular weight is 561 g/mol. The second kappa shape index (κ2) is 10.5. The molecule has 0 bridgehead atoms. The van der Waals surface area contributed by atoms with Crippen LogP contribution < -0.4 is 0 Å². The number of hydrogen-bond donors (Lipinski definition) is 0. The summed E-state index contributed by atoms with van der Waals surface area (Å²) in [6, 6.07) is 29.2. The van der Waals surface area contributed by atoms with Crippen molar-refractivity contribution in [1.82, 2.24) is 9.97 Å². The molecule has 0 amide bonds. The van der Waals surface area contributed by atoms with Gasteiger partial charge in [0.05, 0.1) is 48.8 Å². The molecule has 0 atom stereocenters. The van der Waals surface area contributed by atoms with Crippen LogP contribution in [0.4, 0.5) is 0 Å². The summed E-state index contributed by atoms with van der Waals surface area (Å²) in [6.45, 7) is 11.3. The maximum absolute atomic E-state index is 5.96. The third-order valence-electron chi connectivity index (χ3n) is 7.98. The Morgan fingerprint density at radius 1 is 0.476 bits per heavy atom. The van der Waals surface area contributed by atoms with Crippen molar-refractivity contribution in [2.45, 2.75) is 40.3 Å². The third kappa shape index (κ3) is 5.43. The zero-order valence-electron chi connectivity index (χ0n) is 24.6. The summed E-state index contributed by atoms with van der Waals surface area (Å²) < 4.78 is 23.9. The minimum absolute atomic E-state index is 0.0438. The number of nitrogens with zero attached hydrogens (tertiary/aromatic N) is 2. The van der Waals surface area contributed by atoms with Gasteiger partial charge in [0, 0.05) is 43.9 Å². The van der Waals surface area contributed by atoms with Gasteiger partial charge < -0.3 is 18.9 Å². The lowest BCUT2D eigenvalue weighted by Crippen LogP contribution is -2.33. The highest BCUT2D eigenvalue weighted by Crippen LogP contribution is 2.34. The van der Waals surface area contributed by atoms with E-state index in [1.165, 1.54) is 0 Å². The van der Waals surface area contributed by atoms with Crippen LogP contribution >= 0.6 is 0 Å². The van der Waals surface area contributed by atoms with Gasteiger partial charge in [-0.15, -0.1) is 0 Å². The first-order valence-corrected chi connectivity index (χ1v) is 14.6. The van der Waals surface area contributed by atoms with E-state index in [9.17, 15) is 0 Å². The highest BCUT2D eigenvalue weighted by molar-refractivity contribution is 6.04. The summed E-state index contributed by atoms with van der Waals surface area (Å²) in [5.74, 6) is 0. The monoisotopic (exact) mass is 560 g/mol. The van der Waals surface area contributed by atoms with Crippen LogP contribution in [-0.2, 0) is 18.9 Å². The maximum atomic E-state index is 5.96. The molecule has 0 radical (unpaired) electrons. The van der Waals surface area contributed by atoms with E-state index in [0.29, 0.717) is 26.4 Å². The standard InChI is InChI=1S/C36H36N2O4/c1-35(2)19-39-33(40-20-35)27-11-5-23(6-12-27)29-17-15-25-9-10-26-16-18-30(38-32(26)31(25)37-29)24-7-13-28(14-8-24)34-41-21-36(3,4)22-42-34/h5-18,33-34H,19-22H2,1-4H3. The van der Waals surface area contributed by atoms with Crippen molar-refractivity contribution in [3.63, 3.8) is 0 Å². The highest BCUT2D eigenvalue weighted by Gasteiger charge is 2.30. The van der Waals surface area contributed by atoms with E-state index >= 15 is 0 Å². The quantitative estimate of drug-likeness (QED) is 0.206. The lowest BCUT2D eigenvalue weighted by atomic mass is 9.95. The van der Waals surface area contributed by atoms with E-state index in [-0.39, 0.29) is 23.4 Å². The molecule has 2 aliphatic rings. The molecule has 0 spiro atoms. The van der Waals surface area contributed by atoms with Crippen molar-refractivity contribution < 1.29 is 18.9 Å². The fourth-order valence-electron chi connectivity index (χ4n) is 5.48. The van der Waals surface area contributed by atoms with Gasteiger partial charge in [0.2, 0.25) is 0 Å². The lowest BCUT2D eigenvalue weighted by Gasteiger charge is -2.34. The van der Waals surface area contributed by atoms with Crippen molar-refractivity contribution in [2.24, 2.45) is 10.8 Å². The number of pyridine rings is 2. The smallest absolute Gasteiger partial charge is 0.183 e. The van der Waals surface area contributed by atoms with Gasteiger partial charge in [-0.05, 0) is 12.1 Å². The first-order chi connectivity index (χ1) is 20.2. The van der Waals surface area contributed by atoms with Crippen LogP contribution in [0.1, 0.15) is 51.4 Å². The molecule has 2 aliphatic heterocycles. The summed E-state index contributed by atoms with van der Waals surface area (Å²) in [6.07, 6.45) is -0.653. The SMILES string of the molecule is CC1(C)COC(c2ccc(-c3ccc4ccc5ccc(-c6ccc(C7OCC(C)(C)CO7)cc6)nc5c4n3)cc2)OC1. The zero-order chi connectivity index (χ0) is 28.9. The second-order valence-corrected chi connectivity index (χ2v) is 13.1. The molecule has 6 nitrogen and oxygen atoms in total. The number of hydrogen-bond acceptors (Lipinski definition) is 6. The lowest BCUT2D eigenvalue weighted by molar-refractivity contribution is -0.226. The van der Waals surface area contributed by atoms with Gasteiger partial charge in [-0.2, -0.15) is 0 Å². The third-order valence-corrected chi connectivity index (χ3v) is 7.98. The predicted octanol–water partition coefficient (Wildman–Crippen LogP) is 8.26. The molecule has 2 aromatic heterocycles. The number of ether oxygens (including phenoxy) is 4. The molecule has 0 saturated carbocycles. The first kappa shape index (κ1) is 27.2. The van der Waals surface area contributed by atoms with Crippen molar-refractivity contribution in [3.8, 4) is 22.5 Å². The summed E-state index contributed by atoms with van der Waals surface area (Å²) in [5.41, 5.74) is 7.78. The molecular weight excluding hydrogens is 524 g/mol. The maximum Gasteiger partial charge on any atom is 0.183 e. The van der Waals surface area contributed by atoms with Crippen molar-refractivity contribution in [1.29, 1.82) is 0 Å². The fourth-order valence-corrected chi connectivity index (χ4v) is 5.48. The van der Waals surface area contributed by atoms with Gasteiger partial charge in [0.25, 0.3) is 0 Å². The van der Waals surface area contributed by atoms with Crippen molar-refractivity contribution in [2.75, 3.05) is 26.4 Å². The van der Waals surface area contributed by atoms with E-state index in [0.717, 1.165) is 55.4 Å². The molecular formula is C36H36N2O4. The normalized spacial score (nSPS) is 19.3. The molecule has 4 heterocycles. The molecule has 42 heavy (non-hydrogen) atoms. The topological polar surface area (TPSA) is 62.7 Å².